The molecule has 0 aliphatic rings. The Labute approximate surface area is 83.9 Å². The third-order valence-electron chi connectivity index (χ3n) is 0.328. The van der Waals surface area contributed by atoms with E-state index in [2.05, 4.69) is 6.58 Å². The van der Waals surface area contributed by atoms with Crippen molar-refractivity contribution in [1.29, 1.82) is 0 Å². The van der Waals surface area contributed by atoms with Gasteiger partial charge in [0.15, 0.2) is 0 Å². The Kier molecular flexibility index (Phi) is 14.0. The molecule has 0 atom stereocenters. The molecular weight excluding hydrogens is 293 g/mol. The van der Waals surface area contributed by atoms with Crippen molar-refractivity contribution in [3.8, 4) is 0 Å². The van der Waals surface area contributed by atoms with E-state index in [0.717, 1.165) is 6.08 Å². The Morgan fingerprint density at radius 3 is 1.67 bits per heavy atom. The molecule has 0 bridgehead atoms. The summed E-state index contributed by atoms with van der Waals surface area (Å²) in [4.78, 5) is 0. The first-order chi connectivity index (χ1) is 4.79. The van der Waals surface area contributed by atoms with E-state index in [1.807, 2.05) is 0 Å². The van der Waals surface area contributed by atoms with E-state index in [1.54, 1.807) is 0 Å². The molecule has 0 saturated carbocycles. The van der Waals surface area contributed by atoms with E-state index < -0.39 is 16.8 Å². The molecular formula is C4H7AgF3O3S. The molecule has 0 aromatic carbocycles. The number of halogens is 3. The first-order valence-corrected chi connectivity index (χ1v) is 3.88. The minimum absolute atomic E-state index is 0. The molecule has 0 saturated heterocycles. The van der Waals surface area contributed by atoms with Gasteiger partial charge in [0.05, 0.1) is 5.75 Å². The fourth-order valence-corrected chi connectivity index (χ4v) is 0.447. The quantitative estimate of drug-likeness (QED) is 0.474. The second kappa shape index (κ2) is 9.27. The van der Waals surface area contributed by atoms with Crippen LogP contribution in [0.2, 0.25) is 0 Å². The molecule has 3 nitrogen and oxygen atoms in total. The van der Waals surface area contributed by atoms with Gasteiger partial charge < -0.3 is 0 Å². The van der Waals surface area contributed by atoms with Crippen LogP contribution in [-0.4, -0.2) is 25.4 Å². The number of hydrogen-bond acceptors (Lipinski definition) is 2. The number of rotatable bonds is 2. The van der Waals surface area contributed by atoms with Crippen LogP contribution in [0.15, 0.2) is 12.7 Å². The van der Waals surface area contributed by atoms with Gasteiger partial charge in [-0.15, -0.1) is 6.58 Å². The molecule has 0 fully saturated rings. The Morgan fingerprint density at radius 2 is 1.67 bits per heavy atom. The first kappa shape index (κ1) is 18.1. The van der Waals surface area contributed by atoms with Gasteiger partial charge in [-0.2, -0.15) is 21.6 Å². The maximum atomic E-state index is 9.72. The Bertz CT molecular complexity index is 189. The molecule has 0 aromatic rings. The molecule has 79 valence electrons. The van der Waals surface area contributed by atoms with E-state index in [9.17, 15) is 21.6 Å². The van der Waals surface area contributed by atoms with E-state index in [4.69, 9.17) is 4.55 Å². The van der Waals surface area contributed by atoms with Crippen LogP contribution in [0.5, 0.6) is 0 Å². The maximum absolute atomic E-state index is 9.72. The van der Waals surface area contributed by atoms with E-state index >= 15 is 0 Å². The molecule has 8 heteroatoms. The van der Waals surface area contributed by atoms with Crippen molar-refractivity contribution in [2.75, 3.05) is 5.75 Å². The van der Waals surface area contributed by atoms with E-state index in [0.29, 0.717) is 0 Å². The van der Waals surface area contributed by atoms with E-state index in [-0.39, 0.29) is 28.1 Å². The molecule has 0 rings (SSSR count). The monoisotopic (exact) mass is 299 g/mol. The summed E-state index contributed by atoms with van der Waals surface area (Å²) >= 11 is 0. The molecule has 0 aliphatic carbocycles. The Morgan fingerprint density at radius 1 is 1.42 bits per heavy atom. The summed E-state index contributed by atoms with van der Waals surface area (Å²) in [5.41, 5.74) is 0. The van der Waals surface area contributed by atoms with Crippen LogP contribution in [-0.2, 0) is 32.5 Å². The van der Waals surface area contributed by atoms with Crippen molar-refractivity contribution in [2.24, 2.45) is 0 Å². The van der Waals surface area contributed by atoms with Crippen LogP contribution in [0.25, 0.3) is 0 Å². The van der Waals surface area contributed by atoms with Gasteiger partial charge in [-0.3, -0.25) is 4.55 Å². The van der Waals surface area contributed by atoms with Crippen LogP contribution in [0.4, 0.5) is 13.2 Å². The van der Waals surface area contributed by atoms with Crippen LogP contribution < -0.4 is 0 Å². The molecule has 0 amide bonds. The summed E-state index contributed by atoms with van der Waals surface area (Å²) in [6.07, 6.45) is 1.12. The fraction of sp³-hybridized carbons (Fsp3) is 0.500. The van der Waals surface area contributed by atoms with Crippen molar-refractivity contribution in [1.82, 2.24) is 0 Å². The predicted octanol–water partition coefficient (Wildman–Crippen LogP) is 1.24. The Balaban J connectivity index is -0.000000142. The van der Waals surface area contributed by atoms with Crippen LogP contribution in [0.3, 0.4) is 0 Å². The molecule has 0 unspecified atom stereocenters. The van der Waals surface area contributed by atoms with Crippen molar-refractivity contribution in [3.63, 3.8) is 0 Å². The molecule has 1 radical (unpaired) electrons. The smallest absolute Gasteiger partial charge is 0.285 e. The molecule has 12 heavy (non-hydrogen) atoms. The third-order valence-corrected chi connectivity index (χ3v) is 0.985. The van der Waals surface area contributed by atoms with Gasteiger partial charge in [-0.1, -0.05) is 6.08 Å². The summed E-state index contributed by atoms with van der Waals surface area (Å²) in [5.74, 6) is -0.368. The molecule has 1 N–H and O–H groups in total. The SMILES string of the molecule is C=CCS(=O)(=O)O.FC(F)F.[Ag]. The minimum Gasteiger partial charge on any atom is -0.285 e. The summed E-state index contributed by atoms with van der Waals surface area (Å²) in [6, 6.07) is 0. The average Bonchev–Trinajstić information content (AvgIpc) is 1.58. The van der Waals surface area contributed by atoms with Crippen molar-refractivity contribution >= 4 is 10.1 Å². The molecule has 0 spiro atoms. The van der Waals surface area contributed by atoms with E-state index in [1.165, 1.54) is 0 Å². The van der Waals surface area contributed by atoms with Gasteiger partial charge in [0.1, 0.15) is 0 Å². The molecule has 0 heterocycles. The topological polar surface area (TPSA) is 54.4 Å². The molecule has 0 aromatic heterocycles. The second-order valence-corrected chi connectivity index (χ2v) is 2.78. The largest absolute Gasteiger partial charge is 0.379 e. The minimum atomic E-state index is -3.79. The zero-order valence-electron chi connectivity index (χ0n) is 5.68. The number of hydrogen-bond donors (Lipinski definition) is 1. The summed E-state index contributed by atoms with van der Waals surface area (Å²) in [6.45, 7) is -0.560. The van der Waals surface area contributed by atoms with Gasteiger partial charge in [0, 0.05) is 22.4 Å². The van der Waals surface area contributed by atoms with Gasteiger partial charge in [-0.25, -0.2) is 0 Å². The average molecular weight is 300 g/mol. The van der Waals surface area contributed by atoms with Crippen molar-refractivity contribution < 1.29 is 48.5 Å². The summed E-state index contributed by atoms with van der Waals surface area (Å²) < 4.78 is 56.3. The fourth-order valence-electron chi connectivity index (χ4n) is 0.149. The van der Waals surface area contributed by atoms with Crippen molar-refractivity contribution in [3.05, 3.63) is 12.7 Å². The standard InChI is InChI=1S/C3H6O3S.CHF3.Ag/c1-2-3-7(4,5)6;2-1(3)4;/h2H,1,3H2,(H,4,5,6);1H;. The van der Waals surface area contributed by atoms with Crippen LogP contribution >= 0.6 is 0 Å². The predicted molar refractivity (Wildman–Crippen MR) is 33.7 cm³/mol. The van der Waals surface area contributed by atoms with Gasteiger partial charge in [-0.05, 0) is 0 Å². The normalized spacial score (nSPS) is 9.42. The third kappa shape index (κ3) is 49.1. The van der Waals surface area contributed by atoms with Crippen LogP contribution in [0.1, 0.15) is 0 Å². The summed E-state index contributed by atoms with van der Waals surface area (Å²) in [7, 11) is -3.79. The maximum Gasteiger partial charge on any atom is 0.379 e. The van der Waals surface area contributed by atoms with Gasteiger partial charge >= 0.3 is 6.68 Å². The van der Waals surface area contributed by atoms with Gasteiger partial charge in [0.25, 0.3) is 10.1 Å². The Hall–Kier alpha value is 0.180. The van der Waals surface area contributed by atoms with Crippen LogP contribution in [0, 0.1) is 0 Å². The second-order valence-electron chi connectivity index (χ2n) is 1.28. The first-order valence-electron chi connectivity index (χ1n) is 2.28. The number of alkyl halides is 3. The van der Waals surface area contributed by atoms with Gasteiger partial charge in [0.2, 0.25) is 0 Å². The van der Waals surface area contributed by atoms with Crippen molar-refractivity contribution in [2.45, 2.75) is 6.68 Å². The zero-order chi connectivity index (χ0) is 9.49. The molecule has 0 aliphatic heterocycles. The zero-order valence-corrected chi connectivity index (χ0v) is 7.98. The summed E-state index contributed by atoms with van der Waals surface area (Å²) in [5, 5.41) is 0.